The first kappa shape index (κ1) is 8.48. The molecule has 1 aromatic heterocycles. The molecule has 2 heterocycles. The van der Waals surface area contributed by atoms with Gasteiger partial charge in [0.1, 0.15) is 0 Å². The van der Waals surface area contributed by atoms with Crippen LogP contribution in [-0.4, -0.2) is 22.0 Å². The molecule has 2 aliphatic rings. The Labute approximate surface area is 84.1 Å². The number of hydrogen-bond acceptors (Lipinski definition) is 2. The highest BCUT2D eigenvalue weighted by Gasteiger charge is 2.47. The van der Waals surface area contributed by atoms with Gasteiger partial charge in [0.2, 0.25) is 0 Å². The molecule has 3 nitrogen and oxygen atoms in total. The minimum absolute atomic E-state index is 0.131. The first-order chi connectivity index (χ1) is 6.91. The lowest BCUT2D eigenvalue weighted by Gasteiger charge is -2.30. The zero-order valence-corrected chi connectivity index (χ0v) is 8.35. The van der Waals surface area contributed by atoms with E-state index in [4.69, 9.17) is 4.74 Å². The molecule has 3 heteroatoms. The van der Waals surface area contributed by atoms with E-state index in [9.17, 15) is 0 Å². The van der Waals surface area contributed by atoms with E-state index in [2.05, 4.69) is 16.0 Å². The lowest BCUT2D eigenvalue weighted by molar-refractivity contribution is -0.0247. The molecule has 1 aliphatic carbocycles. The monoisotopic (exact) mass is 192 g/mol. The molecule has 0 aromatic carbocycles. The van der Waals surface area contributed by atoms with Crippen LogP contribution < -0.4 is 0 Å². The van der Waals surface area contributed by atoms with E-state index >= 15 is 0 Å². The second-order valence-electron chi connectivity index (χ2n) is 4.41. The Morgan fingerprint density at radius 1 is 1.36 bits per heavy atom. The summed E-state index contributed by atoms with van der Waals surface area (Å²) < 4.78 is 8.07. The van der Waals surface area contributed by atoms with Crippen molar-refractivity contribution in [3.8, 4) is 0 Å². The standard InChI is InChI=1S/C11H16N2O/c1-4-10(13-8-3-7-12-13)11(5-1)6-2-9-14-11/h3,7-8,10H,1-2,4-6,9H2/t10-,11-/m1/s1. The van der Waals surface area contributed by atoms with E-state index in [1.165, 1.54) is 32.1 Å². The second kappa shape index (κ2) is 3.09. The van der Waals surface area contributed by atoms with E-state index < -0.39 is 0 Å². The van der Waals surface area contributed by atoms with Gasteiger partial charge < -0.3 is 4.74 Å². The fraction of sp³-hybridized carbons (Fsp3) is 0.727. The molecule has 1 aromatic rings. The molecule has 1 saturated carbocycles. The van der Waals surface area contributed by atoms with Gasteiger partial charge in [0.05, 0.1) is 11.6 Å². The zero-order chi connectivity index (χ0) is 9.43. The van der Waals surface area contributed by atoms with Crippen LogP contribution >= 0.6 is 0 Å². The van der Waals surface area contributed by atoms with Gasteiger partial charge in [-0.15, -0.1) is 0 Å². The Balaban J connectivity index is 1.91. The van der Waals surface area contributed by atoms with E-state index in [0.717, 1.165) is 6.61 Å². The van der Waals surface area contributed by atoms with Gasteiger partial charge in [-0.25, -0.2) is 0 Å². The van der Waals surface area contributed by atoms with Crippen LogP contribution in [-0.2, 0) is 4.74 Å². The fourth-order valence-corrected chi connectivity index (χ4v) is 3.04. The van der Waals surface area contributed by atoms with Crippen molar-refractivity contribution in [1.82, 2.24) is 9.78 Å². The van der Waals surface area contributed by atoms with Gasteiger partial charge in [-0.2, -0.15) is 5.10 Å². The third kappa shape index (κ3) is 1.12. The van der Waals surface area contributed by atoms with Crippen LogP contribution in [0.25, 0.3) is 0 Å². The normalized spacial score (nSPS) is 37.0. The largest absolute Gasteiger partial charge is 0.373 e. The predicted molar refractivity (Wildman–Crippen MR) is 53.0 cm³/mol. The number of rotatable bonds is 1. The number of hydrogen-bond donors (Lipinski definition) is 0. The maximum absolute atomic E-state index is 5.98. The topological polar surface area (TPSA) is 27.1 Å². The van der Waals surface area contributed by atoms with Crippen LogP contribution in [0.5, 0.6) is 0 Å². The van der Waals surface area contributed by atoms with E-state index in [1.54, 1.807) is 0 Å². The highest BCUT2D eigenvalue weighted by molar-refractivity contribution is 5.00. The number of nitrogens with zero attached hydrogens (tertiary/aromatic N) is 2. The highest BCUT2D eigenvalue weighted by atomic mass is 16.5. The van der Waals surface area contributed by atoms with Crippen LogP contribution in [0.3, 0.4) is 0 Å². The quantitative estimate of drug-likeness (QED) is 0.681. The van der Waals surface area contributed by atoms with E-state index in [1.807, 2.05) is 12.3 Å². The summed E-state index contributed by atoms with van der Waals surface area (Å²) in [5.74, 6) is 0. The first-order valence-corrected chi connectivity index (χ1v) is 5.54. The Hall–Kier alpha value is -0.830. The van der Waals surface area contributed by atoms with Crippen molar-refractivity contribution in [3.05, 3.63) is 18.5 Å². The van der Waals surface area contributed by atoms with Gasteiger partial charge in [0, 0.05) is 19.0 Å². The molecule has 0 bridgehead atoms. The molecular weight excluding hydrogens is 176 g/mol. The zero-order valence-electron chi connectivity index (χ0n) is 8.35. The molecule has 0 unspecified atom stereocenters. The Kier molecular flexibility index (Phi) is 1.87. The van der Waals surface area contributed by atoms with Crippen molar-refractivity contribution >= 4 is 0 Å². The van der Waals surface area contributed by atoms with Crippen LogP contribution in [0.15, 0.2) is 18.5 Å². The summed E-state index contributed by atoms with van der Waals surface area (Å²) in [6, 6.07) is 2.49. The van der Waals surface area contributed by atoms with Gasteiger partial charge in [-0.1, -0.05) is 0 Å². The van der Waals surface area contributed by atoms with Crippen molar-refractivity contribution in [1.29, 1.82) is 0 Å². The molecule has 0 N–H and O–H groups in total. The summed E-state index contributed by atoms with van der Waals surface area (Å²) in [5.41, 5.74) is 0.131. The number of ether oxygens (including phenoxy) is 1. The van der Waals surface area contributed by atoms with Crippen LogP contribution in [0.1, 0.15) is 38.1 Å². The highest BCUT2D eigenvalue weighted by Crippen LogP contribution is 2.47. The molecular formula is C11H16N2O. The van der Waals surface area contributed by atoms with Crippen molar-refractivity contribution in [3.63, 3.8) is 0 Å². The molecule has 1 spiro atoms. The molecule has 3 rings (SSSR count). The van der Waals surface area contributed by atoms with E-state index in [-0.39, 0.29) is 5.60 Å². The average molecular weight is 192 g/mol. The first-order valence-electron chi connectivity index (χ1n) is 5.54. The van der Waals surface area contributed by atoms with Crippen LogP contribution in [0.4, 0.5) is 0 Å². The third-order valence-electron chi connectivity index (χ3n) is 3.66. The smallest absolute Gasteiger partial charge is 0.0906 e. The van der Waals surface area contributed by atoms with Gasteiger partial charge in [0.15, 0.2) is 0 Å². The minimum atomic E-state index is 0.131. The van der Waals surface area contributed by atoms with Gasteiger partial charge >= 0.3 is 0 Å². The molecule has 2 atom stereocenters. The lowest BCUT2D eigenvalue weighted by atomic mass is 9.94. The molecule has 76 valence electrons. The molecule has 0 radical (unpaired) electrons. The van der Waals surface area contributed by atoms with Gasteiger partial charge in [0.25, 0.3) is 0 Å². The summed E-state index contributed by atoms with van der Waals surface area (Å²) in [6.45, 7) is 0.942. The molecule has 0 amide bonds. The SMILES string of the molecule is c1cnn([C@@H]2CCC[C@@]23CCCO3)c1. The average Bonchev–Trinajstić information content (AvgIpc) is 2.91. The summed E-state index contributed by atoms with van der Waals surface area (Å²) in [6.07, 6.45) is 10.1. The summed E-state index contributed by atoms with van der Waals surface area (Å²) in [5, 5.41) is 4.35. The van der Waals surface area contributed by atoms with Crippen molar-refractivity contribution in [2.75, 3.05) is 6.61 Å². The molecule has 1 saturated heterocycles. The van der Waals surface area contributed by atoms with Crippen molar-refractivity contribution in [2.24, 2.45) is 0 Å². The number of aromatic nitrogens is 2. The maximum Gasteiger partial charge on any atom is 0.0906 e. The summed E-state index contributed by atoms with van der Waals surface area (Å²) in [7, 11) is 0. The molecule has 2 fully saturated rings. The summed E-state index contributed by atoms with van der Waals surface area (Å²) >= 11 is 0. The Morgan fingerprint density at radius 2 is 2.29 bits per heavy atom. The second-order valence-corrected chi connectivity index (χ2v) is 4.41. The maximum atomic E-state index is 5.98. The van der Waals surface area contributed by atoms with Gasteiger partial charge in [-0.05, 0) is 38.2 Å². The Morgan fingerprint density at radius 3 is 3.00 bits per heavy atom. The van der Waals surface area contributed by atoms with Crippen LogP contribution in [0.2, 0.25) is 0 Å². The van der Waals surface area contributed by atoms with E-state index in [0.29, 0.717) is 6.04 Å². The minimum Gasteiger partial charge on any atom is -0.373 e. The third-order valence-corrected chi connectivity index (χ3v) is 3.66. The Bertz CT molecular complexity index is 296. The fourth-order valence-electron chi connectivity index (χ4n) is 3.04. The summed E-state index contributed by atoms with van der Waals surface area (Å²) in [4.78, 5) is 0. The molecule has 1 aliphatic heterocycles. The predicted octanol–water partition coefficient (Wildman–Crippen LogP) is 2.16. The lowest BCUT2D eigenvalue weighted by Crippen LogP contribution is -2.34. The van der Waals surface area contributed by atoms with Crippen molar-refractivity contribution < 1.29 is 4.74 Å². The van der Waals surface area contributed by atoms with Crippen molar-refractivity contribution in [2.45, 2.75) is 43.7 Å². The molecule has 14 heavy (non-hydrogen) atoms. The van der Waals surface area contributed by atoms with Gasteiger partial charge in [-0.3, -0.25) is 4.68 Å². The van der Waals surface area contributed by atoms with Crippen LogP contribution in [0, 0.1) is 0 Å².